The van der Waals surface area contributed by atoms with Crippen LogP contribution >= 0.6 is 0 Å². The van der Waals surface area contributed by atoms with E-state index in [1.807, 2.05) is 13.1 Å². The fourth-order valence-corrected chi connectivity index (χ4v) is 1.96. The van der Waals surface area contributed by atoms with Gasteiger partial charge in [0.1, 0.15) is 0 Å². The standard InChI is InChI=1S/C11H16N2O/c1-8-6-9(7-13-11(8)14-2)10-4-3-5-12-10/h6-7,10,12H,3-5H2,1-2H3/t10-/m1/s1. The third-order valence-electron chi connectivity index (χ3n) is 2.71. The van der Waals surface area contributed by atoms with E-state index in [0.717, 1.165) is 18.0 Å². The Morgan fingerprint density at radius 1 is 1.57 bits per heavy atom. The number of methoxy groups -OCH3 is 1. The molecule has 1 aliphatic heterocycles. The van der Waals surface area contributed by atoms with E-state index in [9.17, 15) is 0 Å². The van der Waals surface area contributed by atoms with Crippen LogP contribution in [-0.2, 0) is 0 Å². The Hall–Kier alpha value is -1.09. The Balaban J connectivity index is 2.23. The minimum atomic E-state index is 0.493. The average Bonchev–Trinajstić information content (AvgIpc) is 2.70. The Morgan fingerprint density at radius 2 is 2.43 bits per heavy atom. The third kappa shape index (κ3) is 1.73. The summed E-state index contributed by atoms with van der Waals surface area (Å²) in [5, 5.41) is 3.46. The fourth-order valence-electron chi connectivity index (χ4n) is 1.96. The molecule has 0 aromatic carbocycles. The summed E-state index contributed by atoms with van der Waals surface area (Å²) in [6.45, 7) is 3.15. The summed E-state index contributed by atoms with van der Waals surface area (Å²) in [5.74, 6) is 0.728. The van der Waals surface area contributed by atoms with Crippen molar-refractivity contribution < 1.29 is 4.74 Å². The van der Waals surface area contributed by atoms with Crippen LogP contribution in [0.3, 0.4) is 0 Å². The summed E-state index contributed by atoms with van der Waals surface area (Å²) in [4.78, 5) is 4.28. The van der Waals surface area contributed by atoms with Crippen LogP contribution in [0.5, 0.6) is 5.88 Å². The van der Waals surface area contributed by atoms with E-state index in [1.165, 1.54) is 18.4 Å². The second kappa shape index (κ2) is 3.96. The largest absolute Gasteiger partial charge is 0.481 e. The molecule has 1 fully saturated rings. The van der Waals surface area contributed by atoms with Crippen molar-refractivity contribution in [3.05, 3.63) is 23.4 Å². The van der Waals surface area contributed by atoms with Gasteiger partial charge in [-0.05, 0) is 37.9 Å². The van der Waals surface area contributed by atoms with Crippen molar-refractivity contribution in [3.8, 4) is 5.88 Å². The van der Waals surface area contributed by atoms with Crippen molar-refractivity contribution in [3.63, 3.8) is 0 Å². The average molecular weight is 192 g/mol. The molecule has 1 atom stereocenters. The van der Waals surface area contributed by atoms with Crippen molar-refractivity contribution in [1.82, 2.24) is 10.3 Å². The molecule has 1 saturated heterocycles. The molecule has 76 valence electrons. The first-order valence-corrected chi connectivity index (χ1v) is 5.05. The van der Waals surface area contributed by atoms with Gasteiger partial charge in [-0.3, -0.25) is 0 Å². The topological polar surface area (TPSA) is 34.1 Å². The van der Waals surface area contributed by atoms with Gasteiger partial charge < -0.3 is 10.1 Å². The van der Waals surface area contributed by atoms with Crippen LogP contribution in [0.4, 0.5) is 0 Å². The van der Waals surface area contributed by atoms with Crippen LogP contribution in [-0.4, -0.2) is 18.6 Å². The van der Waals surface area contributed by atoms with Crippen molar-refractivity contribution in [2.75, 3.05) is 13.7 Å². The number of rotatable bonds is 2. The molecule has 3 nitrogen and oxygen atoms in total. The van der Waals surface area contributed by atoms with Gasteiger partial charge in [-0.1, -0.05) is 0 Å². The van der Waals surface area contributed by atoms with Gasteiger partial charge in [-0.2, -0.15) is 0 Å². The minimum Gasteiger partial charge on any atom is -0.481 e. The van der Waals surface area contributed by atoms with Gasteiger partial charge in [0.25, 0.3) is 0 Å². The molecule has 0 saturated carbocycles. The van der Waals surface area contributed by atoms with Crippen LogP contribution in [0.15, 0.2) is 12.3 Å². The van der Waals surface area contributed by atoms with Gasteiger partial charge in [0, 0.05) is 17.8 Å². The minimum absolute atomic E-state index is 0.493. The van der Waals surface area contributed by atoms with Crippen molar-refractivity contribution in [2.45, 2.75) is 25.8 Å². The van der Waals surface area contributed by atoms with Gasteiger partial charge in [0.2, 0.25) is 5.88 Å². The van der Waals surface area contributed by atoms with Crippen LogP contribution in [0.1, 0.15) is 30.0 Å². The molecule has 1 aromatic rings. The molecular formula is C11H16N2O. The van der Waals surface area contributed by atoms with Crippen LogP contribution < -0.4 is 10.1 Å². The molecule has 1 aliphatic rings. The van der Waals surface area contributed by atoms with E-state index in [-0.39, 0.29) is 0 Å². The van der Waals surface area contributed by atoms with Crippen LogP contribution in [0.2, 0.25) is 0 Å². The van der Waals surface area contributed by atoms with Gasteiger partial charge >= 0.3 is 0 Å². The van der Waals surface area contributed by atoms with Crippen LogP contribution in [0, 0.1) is 6.92 Å². The van der Waals surface area contributed by atoms with Gasteiger partial charge in [0.15, 0.2) is 0 Å². The van der Waals surface area contributed by atoms with Crippen molar-refractivity contribution in [1.29, 1.82) is 0 Å². The first kappa shape index (κ1) is 9.46. The third-order valence-corrected chi connectivity index (χ3v) is 2.71. The Labute approximate surface area is 84.5 Å². The Morgan fingerprint density at radius 3 is 3.00 bits per heavy atom. The highest BCUT2D eigenvalue weighted by atomic mass is 16.5. The molecule has 2 rings (SSSR count). The predicted octanol–water partition coefficient (Wildman–Crippen LogP) is 1.82. The molecule has 0 unspecified atom stereocenters. The van der Waals surface area contributed by atoms with Gasteiger partial charge in [-0.15, -0.1) is 0 Å². The lowest BCUT2D eigenvalue weighted by Gasteiger charge is -2.12. The molecule has 0 spiro atoms. The smallest absolute Gasteiger partial charge is 0.215 e. The Bertz CT molecular complexity index is 319. The highest BCUT2D eigenvalue weighted by Crippen LogP contribution is 2.25. The lowest BCUT2D eigenvalue weighted by Crippen LogP contribution is -2.13. The monoisotopic (exact) mass is 192 g/mol. The van der Waals surface area contributed by atoms with Gasteiger partial charge in [0.05, 0.1) is 7.11 Å². The molecular weight excluding hydrogens is 176 g/mol. The highest BCUT2D eigenvalue weighted by Gasteiger charge is 2.17. The highest BCUT2D eigenvalue weighted by molar-refractivity contribution is 5.30. The molecule has 1 N–H and O–H groups in total. The molecule has 3 heteroatoms. The van der Waals surface area contributed by atoms with E-state index in [0.29, 0.717) is 6.04 Å². The number of ether oxygens (including phenoxy) is 1. The number of aryl methyl sites for hydroxylation is 1. The lowest BCUT2D eigenvalue weighted by atomic mass is 10.1. The SMILES string of the molecule is COc1ncc([C@H]2CCCN2)cc1C. The summed E-state index contributed by atoms with van der Waals surface area (Å²) in [6.07, 6.45) is 4.39. The summed E-state index contributed by atoms with van der Waals surface area (Å²) in [6, 6.07) is 2.65. The van der Waals surface area contributed by atoms with Crippen molar-refractivity contribution >= 4 is 0 Å². The predicted molar refractivity (Wildman–Crippen MR) is 55.5 cm³/mol. The number of nitrogens with one attached hydrogen (secondary N) is 1. The van der Waals surface area contributed by atoms with E-state index >= 15 is 0 Å². The Kier molecular flexibility index (Phi) is 2.68. The normalized spacial score (nSPS) is 21.1. The summed E-state index contributed by atoms with van der Waals surface area (Å²) in [5.41, 5.74) is 2.39. The summed E-state index contributed by atoms with van der Waals surface area (Å²) < 4.78 is 5.13. The molecule has 0 radical (unpaired) electrons. The van der Waals surface area contributed by atoms with Crippen LogP contribution in [0.25, 0.3) is 0 Å². The number of aromatic nitrogens is 1. The molecule has 1 aromatic heterocycles. The number of nitrogens with zero attached hydrogens (tertiary/aromatic N) is 1. The fraction of sp³-hybridized carbons (Fsp3) is 0.545. The lowest BCUT2D eigenvalue weighted by molar-refractivity contribution is 0.394. The molecule has 0 amide bonds. The van der Waals surface area contributed by atoms with Gasteiger partial charge in [-0.25, -0.2) is 4.98 Å². The molecule has 14 heavy (non-hydrogen) atoms. The maximum atomic E-state index is 5.13. The zero-order valence-electron chi connectivity index (χ0n) is 8.71. The van der Waals surface area contributed by atoms with E-state index in [2.05, 4.69) is 16.4 Å². The summed E-state index contributed by atoms with van der Waals surface area (Å²) >= 11 is 0. The number of pyridine rings is 1. The quantitative estimate of drug-likeness (QED) is 0.776. The van der Waals surface area contributed by atoms with E-state index in [4.69, 9.17) is 4.74 Å². The van der Waals surface area contributed by atoms with E-state index in [1.54, 1.807) is 7.11 Å². The summed E-state index contributed by atoms with van der Waals surface area (Å²) in [7, 11) is 1.66. The van der Waals surface area contributed by atoms with E-state index < -0.39 is 0 Å². The molecule has 0 bridgehead atoms. The van der Waals surface area contributed by atoms with Crippen molar-refractivity contribution in [2.24, 2.45) is 0 Å². The molecule has 0 aliphatic carbocycles. The zero-order valence-corrected chi connectivity index (χ0v) is 8.71. The maximum absolute atomic E-state index is 5.13. The maximum Gasteiger partial charge on any atom is 0.215 e. The first-order chi connectivity index (χ1) is 6.81. The number of hydrogen-bond donors (Lipinski definition) is 1. The second-order valence-electron chi connectivity index (χ2n) is 3.74. The zero-order chi connectivity index (χ0) is 9.97. The first-order valence-electron chi connectivity index (χ1n) is 5.05. The second-order valence-corrected chi connectivity index (χ2v) is 3.74. The molecule has 2 heterocycles. The number of hydrogen-bond acceptors (Lipinski definition) is 3.